The number of nitrogens with one attached hydrogen (secondary N) is 1. The van der Waals surface area contributed by atoms with Crippen LogP contribution in [-0.4, -0.2) is 16.7 Å². The highest BCUT2D eigenvalue weighted by molar-refractivity contribution is 9.10. The summed E-state index contributed by atoms with van der Waals surface area (Å²) >= 11 is 3.56. The number of halogens is 1. The average Bonchev–Trinajstić information content (AvgIpc) is 2.97. The third kappa shape index (κ3) is 1.62. The Morgan fingerprint density at radius 1 is 1.35 bits per heavy atom. The predicted molar refractivity (Wildman–Crippen MR) is 73.0 cm³/mol. The van der Waals surface area contributed by atoms with Gasteiger partial charge in [0.05, 0.1) is 5.52 Å². The van der Waals surface area contributed by atoms with Crippen molar-refractivity contribution < 1.29 is 0 Å². The van der Waals surface area contributed by atoms with Gasteiger partial charge in [-0.3, -0.25) is 5.10 Å². The van der Waals surface area contributed by atoms with Crippen molar-refractivity contribution in [2.24, 2.45) is 5.73 Å². The van der Waals surface area contributed by atoms with Crippen molar-refractivity contribution in [3.05, 3.63) is 28.4 Å². The second-order valence-electron chi connectivity index (χ2n) is 4.93. The summed E-state index contributed by atoms with van der Waals surface area (Å²) in [6, 6.07) is 6.33. The van der Waals surface area contributed by atoms with Crippen molar-refractivity contribution in [2.75, 3.05) is 6.54 Å². The van der Waals surface area contributed by atoms with E-state index in [-0.39, 0.29) is 5.41 Å². The van der Waals surface area contributed by atoms with E-state index in [4.69, 9.17) is 5.73 Å². The highest BCUT2D eigenvalue weighted by Crippen LogP contribution is 2.44. The summed E-state index contributed by atoms with van der Waals surface area (Å²) in [4.78, 5) is 0. The lowest BCUT2D eigenvalue weighted by molar-refractivity contribution is 0.457. The zero-order chi connectivity index (χ0) is 11.9. The Hall–Kier alpha value is -0.870. The van der Waals surface area contributed by atoms with Crippen molar-refractivity contribution in [2.45, 2.75) is 31.1 Å². The number of nitrogens with two attached hydrogens (primary N) is 1. The molecule has 0 radical (unpaired) electrons. The number of rotatable bonds is 2. The van der Waals surface area contributed by atoms with Crippen LogP contribution in [0.15, 0.2) is 22.8 Å². The van der Waals surface area contributed by atoms with E-state index in [1.807, 2.05) is 6.07 Å². The minimum Gasteiger partial charge on any atom is -0.330 e. The Kier molecular flexibility index (Phi) is 2.71. The summed E-state index contributed by atoms with van der Waals surface area (Å²) in [7, 11) is 0. The lowest BCUT2D eigenvalue weighted by atomic mass is 9.77. The zero-order valence-corrected chi connectivity index (χ0v) is 11.3. The lowest BCUT2D eigenvalue weighted by Crippen LogP contribution is -2.32. The van der Waals surface area contributed by atoms with Gasteiger partial charge in [-0.15, -0.1) is 0 Å². The first kappa shape index (κ1) is 11.2. The van der Waals surface area contributed by atoms with Gasteiger partial charge in [-0.25, -0.2) is 0 Å². The Bertz CT molecular complexity index is 541. The first-order valence-corrected chi connectivity index (χ1v) is 6.89. The lowest BCUT2D eigenvalue weighted by Gasteiger charge is -2.28. The smallest absolute Gasteiger partial charge is 0.109 e. The summed E-state index contributed by atoms with van der Waals surface area (Å²) in [5.74, 6) is 0. The van der Waals surface area contributed by atoms with Gasteiger partial charge < -0.3 is 5.73 Å². The molecule has 1 aromatic heterocycles. The molecule has 17 heavy (non-hydrogen) atoms. The van der Waals surface area contributed by atoms with E-state index >= 15 is 0 Å². The van der Waals surface area contributed by atoms with E-state index in [1.54, 1.807) is 0 Å². The summed E-state index contributed by atoms with van der Waals surface area (Å²) in [5, 5.41) is 8.52. The Labute approximate surface area is 109 Å². The maximum atomic E-state index is 6.06. The third-order valence-electron chi connectivity index (χ3n) is 4.06. The van der Waals surface area contributed by atoms with Crippen molar-refractivity contribution in [1.29, 1.82) is 0 Å². The molecule has 0 aliphatic heterocycles. The topological polar surface area (TPSA) is 54.7 Å². The van der Waals surface area contributed by atoms with Gasteiger partial charge in [-0.1, -0.05) is 25.0 Å². The van der Waals surface area contributed by atoms with E-state index in [1.165, 1.54) is 36.6 Å². The molecule has 0 unspecified atom stereocenters. The molecule has 3 N–H and O–H groups in total. The van der Waals surface area contributed by atoms with Crippen LogP contribution in [0.1, 0.15) is 31.2 Å². The van der Waals surface area contributed by atoms with Crippen LogP contribution in [-0.2, 0) is 5.41 Å². The summed E-state index contributed by atoms with van der Waals surface area (Å²) in [6.07, 6.45) is 4.95. The number of H-pyrrole nitrogens is 1. The van der Waals surface area contributed by atoms with Gasteiger partial charge >= 0.3 is 0 Å². The second kappa shape index (κ2) is 4.10. The fourth-order valence-corrected chi connectivity index (χ4v) is 3.61. The molecule has 0 saturated heterocycles. The van der Waals surface area contributed by atoms with Gasteiger partial charge in [-0.05, 0) is 40.4 Å². The summed E-state index contributed by atoms with van der Waals surface area (Å²) in [5.41, 5.74) is 8.60. The SMILES string of the molecule is NCC1(c2cccc3n[nH]c(Br)c23)CCCC1. The third-order valence-corrected chi connectivity index (χ3v) is 4.63. The van der Waals surface area contributed by atoms with E-state index < -0.39 is 0 Å². The molecule has 0 amide bonds. The zero-order valence-electron chi connectivity index (χ0n) is 9.67. The number of hydrogen-bond acceptors (Lipinski definition) is 2. The Balaban J connectivity index is 2.25. The number of hydrogen-bond donors (Lipinski definition) is 2. The molecule has 3 rings (SSSR count). The van der Waals surface area contributed by atoms with Gasteiger partial charge in [0.25, 0.3) is 0 Å². The molecule has 0 spiro atoms. The van der Waals surface area contributed by atoms with Crippen LogP contribution in [0.25, 0.3) is 10.9 Å². The van der Waals surface area contributed by atoms with Crippen molar-refractivity contribution >= 4 is 26.8 Å². The quantitative estimate of drug-likeness (QED) is 0.894. The molecule has 0 atom stereocenters. The molecule has 1 saturated carbocycles. The van der Waals surface area contributed by atoms with E-state index in [9.17, 15) is 0 Å². The molecule has 1 fully saturated rings. The maximum absolute atomic E-state index is 6.06. The molecule has 1 aliphatic rings. The molecule has 3 nitrogen and oxygen atoms in total. The van der Waals surface area contributed by atoms with Crippen LogP contribution in [0.4, 0.5) is 0 Å². The molecular weight excluding hydrogens is 278 g/mol. The number of aromatic nitrogens is 2. The van der Waals surface area contributed by atoms with Gasteiger partial charge in [0.15, 0.2) is 0 Å². The van der Waals surface area contributed by atoms with Crippen molar-refractivity contribution in [3.8, 4) is 0 Å². The average molecular weight is 294 g/mol. The van der Waals surface area contributed by atoms with Crippen LogP contribution in [0, 0.1) is 0 Å². The predicted octanol–water partition coefficient (Wildman–Crippen LogP) is 3.10. The van der Waals surface area contributed by atoms with Gasteiger partial charge in [0.1, 0.15) is 4.60 Å². The molecular formula is C13H16BrN3. The first-order valence-electron chi connectivity index (χ1n) is 6.10. The van der Waals surface area contributed by atoms with Crippen LogP contribution in [0.5, 0.6) is 0 Å². The first-order chi connectivity index (χ1) is 8.27. The monoisotopic (exact) mass is 293 g/mol. The Morgan fingerprint density at radius 3 is 2.82 bits per heavy atom. The molecule has 1 aromatic carbocycles. The van der Waals surface area contributed by atoms with Crippen molar-refractivity contribution in [1.82, 2.24) is 10.2 Å². The van der Waals surface area contributed by atoms with E-state index in [0.29, 0.717) is 0 Å². The maximum Gasteiger partial charge on any atom is 0.109 e. The fourth-order valence-electron chi connectivity index (χ4n) is 3.11. The summed E-state index contributed by atoms with van der Waals surface area (Å²) < 4.78 is 0.975. The van der Waals surface area contributed by atoms with Gasteiger partial charge in [-0.2, -0.15) is 5.10 Å². The van der Waals surface area contributed by atoms with Gasteiger partial charge in [0.2, 0.25) is 0 Å². The second-order valence-corrected chi connectivity index (χ2v) is 5.72. The Morgan fingerprint density at radius 2 is 2.12 bits per heavy atom. The highest BCUT2D eigenvalue weighted by Gasteiger charge is 2.36. The summed E-state index contributed by atoms with van der Waals surface area (Å²) in [6.45, 7) is 0.726. The van der Waals surface area contributed by atoms with Crippen LogP contribution in [0.2, 0.25) is 0 Å². The number of fused-ring (bicyclic) bond motifs is 1. The molecule has 4 heteroatoms. The van der Waals surface area contributed by atoms with Crippen LogP contribution in [0.3, 0.4) is 0 Å². The fraction of sp³-hybridized carbons (Fsp3) is 0.462. The van der Waals surface area contributed by atoms with Crippen molar-refractivity contribution in [3.63, 3.8) is 0 Å². The van der Waals surface area contributed by atoms with Gasteiger partial charge in [0, 0.05) is 17.3 Å². The molecule has 1 heterocycles. The molecule has 0 bridgehead atoms. The number of nitrogens with zero attached hydrogens (tertiary/aromatic N) is 1. The number of benzene rings is 1. The number of aromatic amines is 1. The van der Waals surface area contributed by atoms with E-state index in [0.717, 1.165) is 16.7 Å². The highest BCUT2D eigenvalue weighted by atomic mass is 79.9. The normalized spacial score (nSPS) is 18.9. The van der Waals surface area contributed by atoms with Crippen LogP contribution >= 0.6 is 15.9 Å². The molecule has 2 aromatic rings. The molecule has 90 valence electrons. The van der Waals surface area contributed by atoms with E-state index in [2.05, 4.69) is 38.3 Å². The standard InChI is InChI=1S/C13H16BrN3/c14-12-11-9(4-3-5-10(11)16-17-12)13(8-15)6-1-2-7-13/h3-5H,1-2,6-8,15H2,(H,16,17). The minimum absolute atomic E-state index is 0.159. The van der Waals surface area contributed by atoms with Crippen LogP contribution < -0.4 is 5.73 Å². The minimum atomic E-state index is 0.159. The molecule has 1 aliphatic carbocycles. The largest absolute Gasteiger partial charge is 0.330 e.